The summed E-state index contributed by atoms with van der Waals surface area (Å²) in [4.78, 5) is 2.34. The van der Waals surface area contributed by atoms with E-state index in [4.69, 9.17) is 4.42 Å². The Morgan fingerprint density at radius 2 is 0.825 bits per heavy atom. The van der Waals surface area contributed by atoms with Crippen molar-refractivity contribution in [2.45, 2.75) is 0 Å². The van der Waals surface area contributed by atoms with Crippen LogP contribution in [0.1, 0.15) is 0 Å². The number of rotatable bonds is 6. The number of hydrogen-bond donors (Lipinski definition) is 0. The maximum Gasteiger partial charge on any atom is 0.143 e. The Labute approximate surface area is 365 Å². The molecule has 0 amide bonds. The van der Waals surface area contributed by atoms with Gasteiger partial charge in [0.05, 0.1) is 16.7 Å². The first-order valence-electron chi connectivity index (χ1n) is 21.6. The number of fused-ring (bicyclic) bond motifs is 11. The van der Waals surface area contributed by atoms with Crippen LogP contribution in [0.15, 0.2) is 235 Å². The summed E-state index contributed by atoms with van der Waals surface area (Å²) in [6.07, 6.45) is 0. The summed E-state index contributed by atoms with van der Waals surface area (Å²) in [5.74, 6) is 0. The molecule has 0 unspecified atom stereocenters. The molecule has 0 spiro atoms. The van der Waals surface area contributed by atoms with Crippen LogP contribution in [-0.4, -0.2) is 4.57 Å². The van der Waals surface area contributed by atoms with Crippen molar-refractivity contribution in [2.75, 3.05) is 4.90 Å². The Morgan fingerprint density at radius 3 is 1.56 bits per heavy atom. The molecule has 10 aromatic carbocycles. The molecule has 3 heterocycles. The van der Waals surface area contributed by atoms with E-state index in [9.17, 15) is 0 Å². The van der Waals surface area contributed by atoms with Crippen LogP contribution in [0.5, 0.6) is 0 Å². The van der Waals surface area contributed by atoms with Gasteiger partial charge < -0.3 is 13.9 Å². The highest BCUT2D eigenvalue weighted by molar-refractivity contribution is 6.17. The molecule has 294 valence electrons. The maximum atomic E-state index is 6.43. The van der Waals surface area contributed by atoms with Gasteiger partial charge in [-0.2, -0.15) is 0 Å². The van der Waals surface area contributed by atoms with E-state index in [0.29, 0.717) is 0 Å². The molecule has 0 aliphatic carbocycles. The zero-order valence-corrected chi connectivity index (χ0v) is 34.2. The molecule has 63 heavy (non-hydrogen) atoms. The van der Waals surface area contributed by atoms with E-state index in [1.54, 1.807) is 0 Å². The van der Waals surface area contributed by atoms with Crippen LogP contribution in [0.3, 0.4) is 0 Å². The fourth-order valence-electron chi connectivity index (χ4n) is 10.0. The molecule has 0 N–H and O–H groups in total. The van der Waals surface area contributed by atoms with Gasteiger partial charge in [0.1, 0.15) is 11.2 Å². The lowest BCUT2D eigenvalue weighted by molar-refractivity contribution is 0.670. The molecule has 13 rings (SSSR count). The number of para-hydroxylation sites is 4. The SMILES string of the molecule is c1ccc(-c2ccc(N(c3ccc(-c4ccc5c(c4)c4cccc6c4n5-c4ccccc4-c4ccccc4-6)cc3)c3ccc(-c4cccc5c4oc4ccccc45)cc3)cc2)cc1. The molecule has 0 saturated carbocycles. The number of aromatic nitrogens is 1. The Morgan fingerprint density at radius 1 is 0.317 bits per heavy atom. The Kier molecular flexibility index (Phi) is 7.91. The van der Waals surface area contributed by atoms with Gasteiger partial charge in [0, 0.05) is 55.3 Å². The average molecular weight is 803 g/mol. The van der Waals surface area contributed by atoms with Crippen molar-refractivity contribution in [3.63, 3.8) is 0 Å². The molecule has 0 fully saturated rings. The summed E-state index contributed by atoms with van der Waals surface area (Å²) < 4.78 is 8.91. The van der Waals surface area contributed by atoms with Crippen molar-refractivity contribution in [2.24, 2.45) is 0 Å². The Hall–Kier alpha value is -8.40. The third-order valence-corrected chi connectivity index (χ3v) is 13.0. The summed E-state index contributed by atoms with van der Waals surface area (Å²) in [7, 11) is 0. The minimum atomic E-state index is 0.905. The standard InChI is InChI=1S/C60H38N2O/c1-2-12-39(13-3-1)40-24-31-44(32-25-40)61(46-35-28-42(29-36-46)47-18-10-21-54-51-17-7-9-23-58(51)63-60(47)54)45-33-26-41(27-34-45)43-30-37-57-55(38-43)53-20-11-19-52-49-15-5-4-14-48(49)50-16-6-8-22-56(50)62(57)59(52)53/h1-38H. The van der Waals surface area contributed by atoms with Crippen LogP contribution in [0.4, 0.5) is 17.1 Å². The number of anilines is 3. The van der Waals surface area contributed by atoms with E-state index in [-0.39, 0.29) is 0 Å². The minimum Gasteiger partial charge on any atom is -0.455 e. The van der Waals surface area contributed by atoms with Gasteiger partial charge in [0.15, 0.2) is 0 Å². The summed E-state index contributed by atoms with van der Waals surface area (Å²) >= 11 is 0. The fourth-order valence-corrected chi connectivity index (χ4v) is 10.0. The molecule has 0 atom stereocenters. The fraction of sp³-hybridized carbons (Fsp3) is 0. The number of furan rings is 1. The second-order valence-electron chi connectivity index (χ2n) is 16.5. The van der Waals surface area contributed by atoms with Crippen molar-refractivity contribution in [3.8, 4) is 61.3 Å². The van der Waals surface area contributed by atoms with Gasteiger partial charge in [-0.15, -0.1) is 0 Å². The maximum absolute atomic E-state index is 6.43. The lowest BCUT2D eigenvalue weighted by Crippen LogP contribution is -2.09. The van der Waals surface area contributed by atoms with Gasteiger partial charge in [0.2, 0.25) is 0 Å². The molecule has 0 bridgehead atoms. The van der Waals surface area contributed by atoms with E-state index >= 15 is 0 Å². The quantitative estimate of drug-likeness (QED) is 0.167. The summed E-state index contributed by atoms with van der Waals surface area (Å²) in [5, 5.41) is 4.78. The second-order valence-corrected chi connectivity index (χ2v) is 16.5. The van der Waals surface area contributed by atoms with Crippen LogP contribution in [0.25, 0.3) is 105 Å². The Balaban J connectivity index is 0.904. The number of nitrogens with zero attached hydrogens (tertiary/aromatic N) is 2. The highest BCUT2D eigenvalue weighted by Crippen LogP contribution is 2.47. The Bertz CT molecular complexity index is 3710. The molecule has 2 aromatic heterocycles. The van der Waals surface area contributed by atoms with Crippen LogP contribution >= 0.6 is 0 Å². The van der Waals surface area contributed by atoms with Gasteiger partial charge in [-0.1, -0.05) is 170 Å². The van der Waals surface area contributed by atoms with E-state index < -0.39 is 0 Å². The first kappa shape index (κ1) is 35.4. The third-order valence-electron chi connectivity index (χ3n) is 13.0. The summed E-state index contributed by atoms with van der Waals surface area (Å²) in [6.45, 7) is 0. The second kappa shape index (κ2) is 14.1. The molecular formula is C60H38N2O. The van der Waals surface area contributed by atoms with Crippen LogP contribution in [-0.2, 0) is 0 Å². The number of hydrogen-bond acceptors (Lipinski definition) is 2. The molecule has 0 saturated heterocycles. The predicted molar refractivity (Wildman–Crippen MR) is 263 cm³/mol. The van der Waals surface area contributed by atoms with Crippen molar-refractivity contribution in [1.82, 2.24) is 4.57 Å². The highest BCUT2D eigenvalue weighted by Gasteiger charge is 2.24. The van der Waals surface area contributed by atoms with Gasteiger partial charge in [0.25, 0.3) is 0 Å². The van der Waals surface area contributed by atoms with E-state index in [1.165, 1.54) is 72.0 Å². The zero-order chi connectivity index (χ0) is 41.4. The van der Waals surface area contributed by atoms with Crippen LogP contribution in [0.2, 0.25) is 0 Å². The molecule has 1 aliphatic rings. The van der Waals surface area contributed by atoms with E-state index in [1.807, 2.05) is 12.1 Å². The minimum absolute atomic E-state index is 0.905. The van der Waals surface area contributed by atoms with E-state index in [0.717, 1.165) is 50.1 Å². The largest absolute Gasteiger partial charge is 0.455 e. The normalized spacial score (nSPS) is 11.8. The van der Waals surface area contributed by atoms with Crippen molar-refractivity contribution >= 4 is 60.8 Å². The smallest absolute Gasteiger partial charge is 0.143 e. The molecule has 3 nitrogen and oxygen atoms in total. The summed E-state index contributed by atoms with van der Waals surface area (Å²) in [5.41, 5.74) is 20.7. The zero-order valence-electron chi connectivity index (χ0n) is 34.2. The highest BCUT2D eigenvalue weighted by atomic mass is 16.3. The van der Waals surface area contributed by atoms with E-state index in [2.05, 4.69) is 228 Å². The molecule has 1 aliphatic heterocycles. The van der Waals surface area contributed by atoms with Gasteiger partial charge >= 0.3 is 0 Å². The van der Waals surface area contributed by atoms with Crippen molar-refractivity contribution in [3.05, 3.63) is 231 Å². The lowest BCUT2D eigenvalue weighted by atomic mass is 9.93. The number of benzene rings is 10. The van der Waals surface area contributed by atoms with Crippen LogP contribution in [0, 0.1) is 0 Å². The van der Waals surface area contributed by atoms with Gasteiger partial charge in [-0.05, 0) is 99.6 Å². The van der Waals surface area contributed by atoms with Gasteiger partial charge in [-0.25, -0.2) is 0 Å². The molecular weight excluding hydrogens is 765 g/mol. The average Bonchev–Trinajstić information content (AvgIpc) is 3.87. The molecule has 3 heteroatoms. The predicted octanol–water partition coefficient (Wildman–Crippen LogP) is 16.8. The first-order valence-corrected chi connectivity index (χ1v) is 21.6. The lowest BCUT2D eigenvalue weighted by Gasteiger charge is -2.26. The van der Waals surface area contributed by atoms with Gasteiger partial charge in [-0.3, -0.25) is 0 Å². The first-order chi connectivity index (χ1) is 31.2. The molecule has 0 radical (unpaired) electrons. The molecule has 12 aromatic rings. The summed E-state index contributed by atoms with van der Waals surface area (Å²) in [6, 6.07) is 83.4. The van der Waals surface area contributed by atoms with Crippen molar-refractivity contribution < 1.29 is 4.42 Å². The monoisotopic (exact) mass is 802 g/mol. The van der Waals surface area contributed by atoms with Crippen molar-refractivity contribution in [1.29, 1.82) is 0 Å². The van der Waals surface area contributed by atoms with Crippen LogP contribution < -0.4 is 4.90 Å². The topological polar surface area (TPSA) is 21.3 Å². The third kappa shape index (κ3) is 5.60.